The van der Waals surface area contributed by atoms with Crippen LogP contribution in [-0.2, 0) is 11.2 Å². The van der Waals surface area contributed by atoms with Crippen LogP contribution in [0.1, 0.15) is 33.3 Å². The number of carbonyl (C=O) groups is 1. The van der Waals surface area contributed by atoms with Gasteiger partial charge >= 0.3 is 0 Å². The monoisotopic (exact) mass is 263 g/mol. The molecule has 106 valence electrons. The Labute approximate surface area is 116 Å². The lowest BCUT2D eigenvalue weighted by Crippen LogP contribution is -2.40. The minimum Gasteiger partial charge on any atom is -0.508 e. The van der Waals surface area contributed by atoms with Gasteiger partial charge in [0.05, 0.1) is 0 Å². The summed E-state index contributed by atoms with van der Waals surface area (Å²) in [7, 11) is 1.85. The molecule has 1 amide bonds. The van der Waals surface area contributed by atoms with Crippen LogP contribution in [-0.4, -0.2) is 29.5 Å². The molecule has 3 heteroatoms. The second kappa shape index (κ2) is 6.09. The van der Waals surface area contributed by atoms with Crippen LogP contribution in [0.15, 0.2) is 24.3 Å². The van der Waals surface area contributed by atoms with Crippen LogP contribution in [0.5, 0.6) is 5.75 Å². The predicted molar refractivity (Wildman–Crippen MR) is 78.1 cm³/mol. The summed E-state index contributed by atoms with van der Waals surface area (Å²) in [5, 5.41) is 9.31. The van der Waals surface area contributed by atoms with Crippen LogP contribution in [0.3, 0.4) is 0 Å². The van der Waals surface area contributed by atoms with E-state index in [0.29, 0.717) is 6.42 Å². The molecule has 0 saturated carbocycles. The average molecular weight is 263 g/mol. The molecule has 19 heavy (non-hydrogen) atoms. The quantitative estimate of drug-likeness (QED) is 0.907. The van der Waals surface area contributed by atoms with Crippen molar-refractivity contribution in [3.8, 4) is 5.75 Å². The van der Waals surface area contributed by atoms with E-state index in [1.807, 2.05) is 26.1 Å². The van der Waals surface area contributed by atoms with Crippen molar-refractivity contribution in [3.05, 3.63) is 29.8 Å². The summed E-state index contributed by atoms with van der Waals surface area (Å²) in [4.78, 5) is 14.2. The van der Waals surface area contributed by atoms with Gasteiger partial charge in [-0.25, -0.2) is 0 Å². The van der Waals surface area contributed by atoms with Crippen LogP contribution < -0.4 is 0 Å². The van der Waals surface area contributed by atoms with Gasteiger partial charge in [-0.15, -0.1) is 0 Å². The molecule has 0 unspecified atom stereocenters. The molecule has 1 rings (SSSR count). The fourth-order valence-electron chi connectivity index (χ4n) is 2.05. The molecule has 0 saturated heterocycles. The summed E-state index contributed by atoms with van der Waals surface area (Å²) in [6.07, 6.45) is 0.701. The zero-order valence-electron chi connectivity index (χ0n) is 12.6. The Balaban J connectivity index is 2.93. The minimum atomic E-state index is -0.0849. The first-order valence-electron chi connectivity index (χ1n) is 6.78. The highest BCUT2D eigenvalue weighted by Crippen LogP contribution is 2.31. The van der Waals surface area contributed by atoms with Gasteiger partial charge in [-0.3, -0.25) is 4.79 Å². The SMILES string of the molecule is CCN(C)C(=O)[C@@H](Cc1ccc(O)cc1)C(C)(C)C. The topological polar surface area (TPSA) is 40.5 Å². The summed E-state index contributed by atoms with van der Waals surface area (Å²) in [5.74, 6) is 0.387. The van der Waals surface area contributed by atoms with E-state index in [2.05, 4.69) is 20.8 Å². The average Bonchev–Trinajstić information content (AvgIpc) is 2.35. The van der Waals surface area contributed by atoms with Crippen LogP contribution in [0.4, 0.5) is 0 Å². The van der Waals surface area contributed by atoms with E-state index in [-0.39, 0.29) is 23.0 Å². The molecule has 1 aromatic carbocycles. The van der Waals surface area contributed by atoms with Crippen molar-refractivity contribution in [1.29, 1.82) is 0 Å². The first-order chi connectivity index (χ1) is 8.75. The number of rotatable bonds is 4. The van der Waals surface area contributed by atoms with Crippen molar-refractivity contribution in [1.82, 2.24) is 4.90 Å². The maximum Gasteiger partial charge on any atom is 0.226 e. The molecule has 1 aromatic rings. The van der Waals surface area contributed by atoms with Gasteiger partial charge in [0.1, 0.15) is 5.75 Å². The van der Waals surface area contributed by atoms with Gasteiger partial charge < -0.3 is 10.0 Å². The standard InChI is InChI=1S/C16H25NO2/c1-6-17(5)15(19)14(16(2,3)4)11-12-7-9-13(18)10-8-12/h7-10,14,18H,6,11H2,1-5H3/t14-/m1/s1. The van der Waals surface area contributed by atoms with E-state index in [1.54, 1.807) is 17.0 Å². The maximum atomic E-state index is 12.5. The number of hydrogen-bond acceptors (Lipinski definition) is 2. The Morgan fingerprint density at radius 2 is 1.79 bits per heavy atom. The Hall–Kier alpha value is -1.51. The van der Waals surface area contributed by atoms with Gasteiger partial charge in [-0.1, -0.05) is 32.9 Å². The number of phenolic OH excluding ortho intramolecular Hbond substituents is 1. The lowest BCUT2D eigenvalue weighted by atomic mass is 9.76. The summed E-state index contributed by atoms with van der Waals surface area (Å²) in [6.45, 7) is 9.00. The minimum absolute atomic E-state index is 0.0537. The highest BCUT2D eigenvalue weighted by atomic mass is 16.3. The number of phenols is 1. The predicted octanol–water partition coefficient (Wildman–Crippen LogP) is 3.08. The smallest absolute Gasteiger partial charge is 0.226 e. The highest BCUT2D eigenvalue weighted by Gasteiger charge is 2.32. The third kappa shape index (κ3) is 4.27. The van der Waals surface area contributed by atoms with Crippen molar-refractivity contribution >= 4 is 5.91 Å². The zero-order valence-corrected chi connectivity index (χ0v) is 12.6. The molecule has 0 bridgehead atoms. The summed E-state index contributed by atoms with van der Waals surface area (Å²) in [6, 6.07) is 7.10. The number of amides is 1. The maximum absolute atomic E-state index is 12.5. The molecule has 0 radical (unpaired) electrons. The number of nitrogens with zero attached hydrogens (tertiary/aromatic N) is 1. The van der Waals surface area contributed by atoms with Crippen molar-refractivity contribution in [2.45, 2.75) is 34.1 Å². The molecule has 1 N–H and O–H groups in total. The first kappa shape index (κ1) is 15.5. The summed E-state index contributed by atoms with van der Waals surface area (Å²) < 4.78 is 0. The molecular weight excluding hydrogens is 238 g/mol. The Morgan fingerprint density at radius 1 is 1.26 bits per heavy atom. The number of hydrogen-bond donors (Lipinski definition) is 1. The Kier molecular flexibility index (Phi) is 4.98. The second-order valence-electron chi connectivity index (χ2n) is 6.14. The van der Waals surface area contributed by atoms with Gasteiger partial charge in [-0.2, -0.15) is 0 Å². The van der Waals surface area contributed by atoms with Crippen LogP contribution in [0, 0.1) is 11.3 Å². The Morgan fingerprint density at radius 3 is 2.21 bits per heavy atom. The molecule has 0 spiro atoms. The van der Waals surface area contributed by atoms with Gasteiger partial charge in [0.2, 0.25) is 5.91 Å². The zero-order chi connectivity index (χ0) is 14.6. The van der Waals surface area contributed by atoms with E-state index < -0.39 is 0 Å². The van der Waals surface area contributed by atoms with E-state index in [4.69, 9.17) is 0 Å². The lowest BCUT2D eigenvalue weighted by Gasteiger charge is -2.32. The van der Waals surface area contributed by atoms with Crippen molar-refractivity contribution in [2.75, 3.05) is 13.6 Å². The van der Waals surface area contributed by atoms with Gasteiger partial charge in [0, 0.05) is 19.5 Å². The summed E-state index contributed by atoms with van der Waals surface area (Å²) in [5.41, 5.74) is 0.994. The fraction of sp³-hybridized carbons (Fsp3) is 0.562. The molecule has 0 aliphatic carbocycles. The van der Waals surface area contributed by atoms with Gasteiger partial charge in [0.15, 0.2) is 0 Å². The molecule has 3 nitrogen and oxygen atoms in total. The third-order valence-electron chi connectivity index (χ3n) is 3.57. The van der Waals surface area contributed by atoms with E-state index in [0.717, 1.165) is 12.1 Å². The fourth-order valence-corrected chi connectivity index (χ4v) is 2.05. The van der Waals surface area contributed by atoms with Crippen LogP contribution in [0.2, 0.25) is 0 Å². The van der Waals surface area contributed by atoms with Crippen molar-refractivity contribution in [3.63, 3.8) is 0 Å². The first-order valence-corrected chi connectivity index (χ1v) is 6.78. The molecule has 0 aliphatic rings. The molecule has 0 heterocycles. The normalized spacial score (nSPS) is 13.1. The van der Waals surface area contributed by atoms with Crippen molar-refractivity contribution < 1.29 is 9.90 Å². The lowest BCUT2D eigenvalue weighted by molar-refractivity contribution is -0.137. The number of aromatic hydroxyl groups is 1. The largest absolute Gasteiger partial charge is 0.508 e. The van der Waals surface area contributed by atoms with E-state index >= 15 is 0 Å². The Bertz CT molecular complexity index is 417. The molecule has 1 atom stereocenters. The van der Waals surface area contributed by atoms with E-state index in [1.165, 1.54) is 0 Å². The molecule has 0 aliphatic heterocycles. The van der Waals surface area contributed by atoms with E-state index in [9.17, 15) is 9.90 Å². The number of benzene rings is 1. The highest BCUT2D eigenvalue weighted by molar-refractivity contribution is 5.79. The molecular formula is C16H25NO2. The second-order valence-corrected chi connectivity index (χ2v) is 6.14. The summed E-state index contributed by atoms with van der Waals surface area (Å²) >= 11 is 0. The molecule has 0 fully saturated rings. The number of carbonyl (C=O) groups excluding carboxylic acids is 1. The molecule has 0 aromatic heterocycles. The third-order valence-corrected chi connectivity index (χ3v) is 3.57. The van der Waals surface area contributed by atoms with Gasteiger partial charge in [-0.05, 0) is 36.5 Å². The van der Waals surface area contributed by atoms with Crippen LogP contribution >= 0.6 is 0 Å². The van der Waals surface area contributed by atoms with Crippen LogP contribution in [0.25, 0.3) is 0 Å². The van der Waals surface area contributed by atoms with Crippen molar-refractivity contribution in [2.24, 2.45) is 11.3 Å². The van der Waals surface area contributed by atoms with Gasteiger partial charge in [0.25, 0.3) is 0 Å².